The molecule has 2 rings (SSSR count). The minimum atomic E-state index is -0.982. The van der Waals surface area contributed by atoms with Crippen molar-refractivity contribution >= 4 is 11.9 Å². The first-order valence-corrected chi connectivity index (χ1v) is 8.89. The van der Waals surface area contributed by atoms with Gasteiger partial charge in [0, 0.05) is 6.21 Å². The van der Waals surface area contributed by atoms with Crippen LogP contribution in [0.4, 0.5) is 14.5 Å². The van der Waals surface area contributed by atoms with Crippen LogP contribution >= 0.6 is 0 Å². The van der Waals surface area contributed by atoms with Crippen LogP contribution in [0, 0.1) is 11.6 Å². The second-order valence-electron chi connectivity index (χ2n) is 6.02. The molecule has 4 heteroatoms. The highest BCUT2D eigenvalue weighted by molar-refractivity contribution is 5.82. The average molecular weight is 345 g/mol. The van der Waals surface area contributed by atoms with Crippen molar-refractivity contribution in [2.24, 2.45) is 4.99 Å². The summed E-state index contributed by atoms with van der Waals surface area (Å²) >= 11 is 0. The minimum Gasteiger partial charge on any atom is -0.490 e. The number of ether oxygens (including phenoxy) is 1. The summed E-state index contributed by atoms with van der Waals surface area (Å²) in [6.07, 6.45) is 6.53. The van der Waals surface area contributed by atoms with Crippen LogP contribution in [-0.2, 0) is 6.42 Å². The average Bonchev–Trinajstić information content (AvgIpc) is 2.63. The van der Waals surface area contributed by atoms with E-state index in [1.54, 1.807) is 0 Å². The number of benzene rings is 2. The third kappa shape index (κ3) is 5.66. The number of rotatable bonds is 9. The number of nitrogens with zero attached hydrogens (tertiary/aromatic N) is 1. The van der Waals surface area contributed by atoms with Gasteiger partial charge in [0.1, 0.15) is 5.69 Å². The van der Waals surface area contributed by atoms with E-state index in [0.717, 1.165) is 37.7 Å². The van der Waals surface area contributed by atoms with Crippen LogP contribution < -0.4 is 4.74 Å². The molecule has 0 aliphatic carbocycles. The third-order valence-electron chi connectivity index (χ3n) is 3.90. The fraction of sp³-hybridized carbons (Fsp3) is 0.381. The Bertz CT molecular complexity index is 696. The molecule has 0 spiro atoms. The molecule has 0 amide bonds. The summed E-state index contributed by atoms with van der Waals surface area (Å²) < 4.78 is 33.5. The predicted octanol–water partition coefficient (Wildman–Crippen LogP) is 6.24. The van der Waals surface area contributed by atoms with E-state index < -0.39 is 11.6 Å². The van der Waals surface area contributed by atoms with Crippen LogP contribution in [0.3, 0.4) is 0 Å². The number of hydrogen-bond donors (Lipinski definition) is 0. The van der Waals surface area contributed by atoms with E-state index in [9.17, 15) is 8.78 Å². The molecule has 2 nitrogen and oxygen atoms in total. The molecular formula is C21H25F2NO. The van der Waals surface area contributed by atoms with Gasteiger partial charge >= 0.3 is 0 Å². The largest absolute Gasteiger partial charge is 0.490 e. The van der Waals surface area contributed by atoms with Crippen molar-refractivity contribution in [3.63, 3.8) is 0 Å². The van der Waals surface area contributed by atoms with Crippen molar-refractivity contribution in [2.75, 3.05) is 6.61 Å². The van der Waals surface area contributed by atoms with Crippen LogP contribution in [-0.4, -0.2) is 12.8 Å². The maximum atomic E-state index is 14.1. The molecule has 0 aliphatic heterocycles. The predicted molar refractivity (Wildman–Crippen MR) is 99.1 cm³/mol. The number of aliphatic imine (C=N–C) groups is 1. The van der Waals surface area contributed by atoms with Gasteiger partial charge in [-0.15, -0.1) is 0 Å². The maximum absolute atomic E-state index is 14.1. The number of hydrogen-bond acceptors (Lipinski definition) is 2. The monoisotopic (exact) mass is 345 g/mol. The van der Waals surface area contributed by atoms with Crippen molar-refractivity contribution < 1.29 is 13.5 Å². The third-order valence-corrected chi connectivity index (χ3v) is 3.90. The van der Waals surface area contributed by atoms with Gasteiger partial charge in [0.05, 0.1) is 6.61 Å². The molecule has 0 saturated carbocycles. The standard InChI is InChI=1S/C21H25F2NO/c1-3-5-6-14-25-19-13-12-18(20(22)21(19)23)24-15-17-10-8-16(7-4-2)9-11-17/h8-13,15H,3-7,14H2,1-2H3. The Hall–Kier alpha value is -2.23. The Morgan fingerprint density at radius 2 is 1.68 bits per heavy atom. The summed E-state index contributed by atoms with van der Waals surface area (Å²) in [4.78, 5) is 4.07. The molecule has 0 radical (unpaired) electrons. The molecular weight excluding hydrogens is 320 g/mol. The zero-order valence-electron chi connectivity index (χ0n) is 14.9. The van der Waals surface area contributed by atoms with E-state index in [1.807, 2.05) is 24.3 Å². The molecule has 134 valence electrons. The number of halogens is 2. The molecule has 0 bridgehead atoms. The van der Waals surface area contributed by atoms with Gasteiger partial charge in [0.25, 0.3) is 0 Å². The molecule has 0 aliphatic rings. The summed E-state index contributed by atoms with van der Waals surface area (Å²) in [6, 6.07) is 10.8. The highest BCUT2D eigenvalue weighted by atomic mass is 19.2. The van der Waals surface area contributed by atoms with E-state index in [-0.39, 0.29) is 11.4 Å². The SMILES string of the molecule is CCCCCOc1ccc(N=Cc2ccc(CCC)cc2)c(F)c1F. The lowest BCUT2D eigenvalue weighted by Gasteiger charge is -2.08. The summed E-state index contributed by atoms with van der Waals surface area (Å²) in [5, 5.41) is 0. The lowest BCUT2D eigenvalue weighted by molar-refractivity contribution is 0.286. The van der Waals surface area contributed by atoms with Crippen molar-refractivity contribution in [1.82, 2.24) is 0 Å². The first-order chi connectivity index (χ1) is 12.2. The zero-order chi connectivity index (χ0) is 18.1. The van der Waals surface area contributed by atoms with E-state index in [2.05, 4.69) is 18.8 Å². The molecule has 2 aromatic rings. The Balaban J connectivity index is 2.05. The highest BCUT2D eigenvalue weighted by Gasteiger charge is 2.13. The first kappa shape index (κ1) is 19.1. The van der Waals surface area contributed by atoms with Gasteiger partial charge in [0.15, 0.2) is 11.6 Å². The van der Waals surface area contributed by atoms with Crippen LogP contribution in [0.15, 0.2) is 41.4 Å². The van der Waals surface area contributed by atoms with Crippen LogP contribution in [0.25, 0.3) is 0 Å². The maximum Gasteiger partial charge on any atom is 0.202 e. The fourth-order valence-corrected chi connectivity index (χ4v) is 2.47. The smallest absolute Gasteiger partial charge is 0.202 e. The van der Waals surface area contributed by atoms with Crippen LogP contribution in [0.2, 0.25) is 0 Å². The second-order valence-corrected chi connectivity index (χ2v) is 6.02. The van der Waals surface area contributed by atoms with Crippen molar-refractivity contribution in [1.29, 1.82) is 0 Å². The second kappa shape index (κ2) is 9.92. The Kier molecular flexibility index (Phi) is 7.58. The minimum absolute atomic E-state index is 0.0314. The molecule has 0 atom stereocenters. The molecule has 0 heterocycles. The number of unbranched alkanes of at least 4 members (excludes halogenated alkanes) is 2. The summed E-state index contributed by atoms with van der Waals surface area (Å²) in [6.45, 7) is 4.59. The van der Waals surface area contributed by atoms with Crippen molar-refractivity contribution in [3.8, 4) is 5.75 Å². The number of aryl methyl sites for hydroxylation is 1. The Labute approximate surface area is 148 Å². The van der Waals surface area contributed by atoms with Gasteiger partial charge in [-0.1, -0.05) is 57.4 Å². The fourth-order valence-electron chi connectivity index (χ4n) is 2.47. The normalized spacial score (nSPS) is 11.2. The van der Waals surface area contributed by atoms with Gasteiger partial charge in [0.2, 0.25) is 5.82 Å². The molecule has 0 N–H and O–H groups in total. The van der Waals surface area contributed by atoms with Gasteiger partial charge in [-0.05, 0) is 36.1 Å². The lowest BCUT2D eigenvalue weighted by Crippen LogP contribution is -2.00. The zero-order valence-corrected chi connectivity index (χ0v) is 14.9. The first-order valence-electron chi connectivity index (χ1n) is 8.89. The summed E-state index contributed by atoms with van der Waals surface area (Å²) in [5.41, 5.74) is 2.07. The Morgan fingerprint density at radius 3 is 2.36 bits per heavy atom. The van der Waals surface area contributed by atoms with Crippen LogP contribution in [0.5, 0.6) is 5.75 Å². The van der Waals surface area contributed by atoms with E-state index in [0.29, 0.717) is 6.61 Å². The van der Waals surface area contributed by atoms with Gasteiger partial charge in [-0.3, -0.25) is 4.99 Å². The van der Waals surface area contributed by atoms with Crippen molar-refractivity contribution in [3.05, 3.63) is 59.2 Å². The van der Waals surface area contributed by atoms with Gasteiger partial charge in [-0.25, -0.2) is 4.39 Å². The topological polar surface area (TPSA) is 21.6 Å². The summed E-state index contributed by atoms with van der Waals surface area (Å²) in [7, 11) is 0. The molecule has 0 unspecified atom stereocenters. The molecule has 2 aromatic carbocycles. The molecule has 0 aromatic heterocycles. The van der Waals surface area contributed by atoms with Crippen LogP contribution in [0.1, 0.15) is 50.7 Å². The molecule has 0 saturated heterocycles. The quantitative estimate of drug-likeness (QED) is 0.389. The van der Waals surface area contributed by atoms with Gasteiger partial charge < -0.3 is 4.74 Å². The Morgan fingerprint density at radius 1 is 0.920 bits per heavy atom. The summed E-state index contributed by atoms with van der Waals surface area (Å²) in [5.74, 6) is -2.02. The van der Waals surface area contributed by atoms with E-state index in [4.69, 9.17) is 4.74 Å². The molecule has 25 heavy (non-hydrogen) atoms. The van der Waals surface area contributed by atoms with E-state index >= 15 is 0 Å². The lowest BCUT2D eigenvalue weighted by atomic mass is 10.1. The van der Waals surface area contributed by atoms with Gasteiger partial charge in [-0.2, -0.15) is 4.39 Å². The highest BCUT2D eigenvalue weighted by Crippen LogP contribution is 2.28. The van der Waals surface area contributed by atoms with E-state index in [1.165, 1.54) is 23.9 Å². The molecule has 0 fully saturated rings. The van der Waals surface area contributed by atoms with Crippen molar-refractivity contribution in [2.45, 2.75) is 46.0 Å².